The molecule has 0 spiro atoms. The lowest BCUT2D eigenvalue weighted by Gasteiger charge is -2.18. The van der Waals surface area contributed by atoms with Crippen LogP contribution in [-0.4, -0.2) is 47.0 Å². The lowest BCUT2D eigenvalue weighted by molar-refractivity contribution is -0.172. The summed E-state index contributed by atoms with van der Waals surface area (Å²) in [5, 5.41) is 15.2. The highest BCUT2D eigenvalue weighted by Gasteiger charge is 2.33. The zero-order valence-electron chi connectivity index (χ0n) is 21.3. The van der Waals surface area contributed by atoms with Gasteiger partial charge >= 0.3 is 11.9 Å². The second kappa shape index (κ2) is 10.4. The summed E-state index contributed by atoms with van der Waals surface area (Å²) in [5.41, 5.74) is 2.74. The first kappa shape index (κ1) is 25.7. The first-order valence-corrected chi connectivity index (χ1v) is 12.5. The van der Waals surface area contributed by atoms with Gasteiger partial charge in [-0.3, -0.25) is 14.6 Å². The molecule has 198 valence electrons. The van der Waals surface area contributed by atoms with E-state index in [0.717, 1.165) is 11.0 Å². The fraction of sp³-hybridized carbons (Fsp3) is 0.207. The highest BCUT2D eigenvalue weighted by molar-refractivity contribution is 6.09. The SMILES string of the molecule is CCN=c1ccc2c(-c3ccc(C(=O)ON4C(=O)CCC4=O)cc3C(=O)O)c3ccc(NCC)cc3oc-2c1. The Morgan fingerprint density at radius 2 is 1.74 bits per heavy atom. The van der Waals surface area contributed by atoms with Gasteiger partial charge in [-0.1, -0.05) is 6.07 Å². The molecule has 2 aromatic rings. The van der Waals surface area contributed by atoms with Gasteiger partial charge < -0.3 is 19.7 Å². The third-order valence-corrected chi connectivity index (χ3v) is 6.36. The molecule has 10 nitrogen and oxygen atoms in total. The molecule has 0 aromatic heterocycles. The van der Waals surface area contributed by atoms with Gasteiger partial charge in [0, 0.05) is 60.3 Å². The van der Waals surface area contributed by atoms with E-state index in [1.165, 1.54) is 18.2 Å². The van der Waals surface area contributed by atoms with Gasteiger partial charge in [-0.05, 0) is 55.8 Å². The van der Waals surface area contributed by atoms with Gasteiger partial charge in [-0.2, -0.15) is 0 Å². The van der Waals surface area contributed by atoms with Crippen LogP contribution in [-0.2, 0) is 14.4 Å². The number of carboxylic acid groups (broad SMARTS) is 1. The summed E-state index contributed by atoms with van der Waals surface area (Å²) < 4.78 is 6.25. The molecule has 1 aliphatic carbocycles. The molecule has 3 aliphatic rings. The predicted molar refractivity (Wildman–Crippen MR) is 142 cm³/mol. The molecule has 2 aliphatic heterocycles. The van der Waals surface area contributed by atoms with E-state index in [9.17, 15) is 24.3 Å². The van der Waals surface area contributed by atoms with Crippen molar-refractivity contribution in [1.29, 1.82) is 0 Å². The molecule has 0 unspecified atom stereocenters. The summed E-state index contributed by atoms with van der Waals surface area (Å²) in [4.78, 5) is 58.3. The molecule has 2 aromatic carbocycles. The lowest BCUT2D eigenvalue weighted by atomic mass is 9.90. The van der Waals surface area contributed by atoms with Crippen LogP contribution in [0.1, 0.15) is 47.4 Å². The number of aromatic carboxylic acids is 1. The van der Waals surface area contributed by atoms with Gasteiger partial charge in [0.05, 0.1) is 16.5 Å². The van der Waals surface area contributed by atoms with E-state index in [-0.39, 0.29) is 24.0 Å². The van der Waals surface area contributed by atoms with Gasteiger partial charge in [0.25, 0.3) is 11.8 Å². The standard InChI is InChI=1S/C29H25N3O7/c1-3-30-17-6-9-20-23(14-17)38-24-15-18(31-4-2)7-10-21(24)27(20)19-8-5-16(13-22(19)28(35)36)29(37)39-32-25(33)11-12-26(32)34/h5-10,13-15,30H,3-4,11-12H2,1-2H3,(H,35,36). The second-order valence-corrected chi connectivity index (χ2v) is 8.90. The summed E-state index contributed by atoms with van der Waals surface area (Å²) >= 11 is 0. The molecule has 0 atom stereocenters. The van der Waals surface area contributed by atoms with E-state index in [1.807, 2.05) is 44.2 Å². The minimum atomic E-state index is -1.27. The summed E-state index contributed by atoms with van der Waals surface area (Å²) in [6.07, 6.45) is -0.0965. The number of carbonyl (C=O) groups excluding carboxylic acids is 3. The van der Waals surface area contributed by atoms with Crippen LogP contribution in [0, 0.1) is 0 Å². The zero-order valence-corrected chi connectivity index (χ0v) is 21.3. The number of nitrogens with zero attached hydrogens (tertiary/aromatic N) is 2. The number of imide groups is 1. The molecule has 0 radical (unpaired) electrons. The van der Waals surface area contributed by atoms with E-state index in [2.05, 4.69) is 10.3 Å². The van der Waals surface area contributed by atoms with Crippen LogP contribution in [0.25, 0.3) is 33.4 Å². The van der Waals surface area contributed by atoms with Crippen molar-refractivity contribution in [3.8, 4) is 22.5 Å². The van der Waals surface area contributed by atoms with Gasteiger partial charge in [-0.25, -0.2) is 9.59 Å². The lowest BCUT2D eigenvalue weighted by Crippen LogP contribution is -2.32. The first-order chi connectivity index (χ1) is 18.8. The maximum Gasteiger partial charge on any atom is 0.363 e. The van der Waals surface area contributed by atoms with Crippen molar-refractivity contribution in [3.05, 3.63) is 71.1 Å². The Labute approximate surface area is 222 Å². The van der Waals surface area contributed by atoms with Crippen LogP contribution in [0.2, 0.25) is 0 Å². The average molecular weight is 528 g/mol. The average Bonchev–Trinajstić information content (AvgIpc) is 3.23. The summed E-state index contributed by atoms with van der Waals surface area (Å²) in [6, 6.07) is 15.2. The largest absolute Gasteiger partial charge is 0.478 e. The molecular formula is C29H25N3O7. The maximum atomic E-state index is 12.7. The Morgan fingerprint density at radius 3 is 2.44 bits per heavy atom. The number of fused-ring (bicyclic) bond motifs is 2. The Kier molecular flexibility index (Phi) is 6.84. The normalized spacial score (nSPS) is 13.9. The number of amides is 2. The van der Waals surface area contributed by atoms with Gasteiger partial charge in [0.2, 0.25) is 0 Å². The van der Waals surface area contributed by atoms with E-state index in [1.54, 1.807) is 6.07 Å². The van der Waals surface area contributed by atoms with Gasteiger partial charge in [0.1, 0.15) is 11.3 Å². The fourth-order valence-corrected chi connectivity index (χ4v) is 4.62. The molecule has 0 bridgehead atoms. The molecule has 2 heterocycles. The minimum Gasteiger partial charge on any atom is -0.478 e. The number of nitrogens with one attached hydrogen (secondary N) is 1. The third kappa shape index (κ3) is 4.84. The van der Waals surface area contributed by atoms with Crippen molar-refractivity contribution in [2.45, 2.75) is 26.7 Å². The van der Waals surface area contributed by atoms with Crippen LogP contribution >= 0.6 is 0 Å². The maximum absolute atomic E-state index is 12.7. The predicted octanol–water partition coefficient (Wildman–Crippen LogP) is 4.48. The topological polar surface area (TPSA) is 139 Å². The second-order valence-electron chi connectivity index (χ2n) is 8.90. The number of hydrogen-bond donors (Lipinski definition) is 2. The van der Waals surface area contributed by atoms with Gasteiger partial charge in [-0.15, -0.1) is 5.06 Å². The highest BCUT2D eigenvalue weighted by Crippen LogP contribution is 2.42. The minimum absolute atomic E-state index is 0.0482. The zero-order chi connectivity index (χ0) is 27.7. The Hall–Kier alpha value is -4.99. The molecule has 1 saturated heterocycles. The number of hydrogen-bond acceptors (Lipinski definition) is 8. The molecule has 2 N–H and O–H groups in total. The Bertz CT molecular complexity index is 1670. The molecular weight excluding hydrogens is 502 g/mol. The van der Waals surface area contributed by atoms with E-state index in [0.29, 0.717) is 51.6 Å². The fourth-order valence-electron chi connectivity index (χ4n) is 4.62. The Morgan fingerprint density at radius 1 is 1.00 bits per heavy atom. The number of carboxylic acids is 1. The van der Waals surface area contributed by atoms with E-state index in [4.69, 9.17) is 9.25 Å². The van der Waals surface area contributed by atoms with Crippen LogP contribution < -0.4 is 10.7 Å². The van der Waals surface area contributed by atoms with Crippen molar-refractivity contribution in [2.24, 2.45) is 4.99 Å². The van der Waals surface area contributed by atoms with E-state index >= 15 is 0 Å². The number of hydroxylamine groups is 2. The molecule has 5 rings (SSSR count). The first-order valence-electron chi connectivity index (χ1n) is 12.5. The number of benzene rings is 3. The molecule has 1 fully saturated rings. The molecule has 2 amide bonds. The molecule has 10 heteroatoms. The summed E-state index contributed by atoms with van der Waals surface area (Å²) in [6.45, 7) is 5.21. The number of carbonyl (C=O) groups is 4. The van der Waals surface area contributed by atoms with Gasteiger partial charge in [0.15, 0.2) is 0 Å². The smallest absolute Gasteiger partial charge is 0.363 e. The van der Waals surface area contributed by atoms with Crippen LogP contribution in [0.3, 0.4) is 0 Å². The highest BCUT2D eigenvalue weighted by atomic mass is 16.7. The van der Waals surface area contributed by atoms with Crippen LogP contribution in [0.15, 0.2) is 64.0 Å². The van der Waals surface area contributed by atoms with Crippen molar-refractivity contribution in [1.82, 2.24) is 5.06 Å². The van der Waals surface area contributed by atoms with Crippen LogP contribution in [0.5, 0.6) is 0 Å². The third-order valence-electron chi connectivity index (χ3n) is 6.36. The van der Waals surface area contributed by atoms with Crippen molar-refractivity contribution in [2.75, 3.05) is 18.4 Å². The summed E-state index contributed by atoms with van der Waals surface area (Å²) in [5.74, 6) is -3.00. The number of anilines is 1. The monoisotopic (exact) mass is 527 g/mol. The van der Waals surface area contributed by atoms with Crippen molar-refractivity contribution < 1.29 is 33.5 Å². The van der Waals surface area contributed by atoms with E-state index < -0.39 is 23.8 Å². The Balaban J connectivity index is 1.69. The number of rotatable bonds is 7. The van der Waals surface area contributed by atoms with Crippen molar-refractivity contribution >= 4 is 40.4 Å². The summed E-state index contributed by atoms with van der Waals surface area (Å²) in [7, 11) is 0. The quantitative estimate of drug-likeness (QED) is 0.265. The van der Waals surface area contributed by atoms with Crippen molar-refractivity contribution in [3.63, 3.8) is 0 Å². The molecule has 0 saturated carbocycles. The van der Waals surface area contributed by atoms with Crippen LogP contribution in [0.4, 0.5) is 5.69 Å². The molecule has 39 heavy (non-hydrogen) atoms.